The Morgan fingerprint density at radius 2 is 2.11 bits per heavy atom. The molecule has 0 aliphatic rings. The second-order valence-electron chi connectivity index (χ2n) is 4.08. The van der Waals surface area contributed by atoms with Crippen molar-refractivity contribution < 1.29 is 9.13 Å². The first kappa shape index (κ1) is 13.4. The standard InChI is InChI=1S/C13H15FN4O/c1-8-6-17-11(7-16-8)13(18-15)9-3-4-12(19-2)10(14)5-9/h3-7,13,18H,15H2,1-2H3. The van der Waals surface area contributed by atoms with E-state index in [1.807, 2.05) is 6.92 Å². The summed E-state index contributed by atoms with van der Waals surface area (Å²) in [5, 5.41) is 0. The van der Waals surface area contributed by atoms with Crippen LogP contribution in [0.25, 0.3) is 0 Å². The average molecular weight is 262 g/mol. The van der Waals surface area contributed by atoms with Crippen LogP contribution < -0.4 is 16.0 Å². The van der Waals surface area contributed by atoms with Crippen molar-refractivity contribution in [2.75, 3.05) is 7.11 Å². The summed E-state index contributed by atoms with van der Waals surface area (Å²) in [6, 6.07) is 4.23. The lowest BCUT2D eigenvalue weighted by atomic mass is 10.0. The van der Waals surface area contributed by atoms with Gasteiger partial charge in [0.2, 0.25) is 0 Å². The minimum absolute atomic E-state index is 0.189. The number of methoxy groups -OCH3 is 1. The van der Waals surface area contributed by atoms with Crippen LogP contribution in [0.1, 0.15) is 23.0 Å². The van der Waals surface area contributed by atoms with Gasteiger partial charge < -0.3 is 4.74 Å². The molecule has 19 heavy (non-hydrogen) atoms. The van der Waals surface area contributed by atoms with Crippen LogP contribution in [0.3, 0.4) is 0 Å². The number of nitrogens with one attached hydrogen (secondary N) is 1. The highest BCUT2D eigenvalue weighted by atomic mass is 19.1. The fraction of sp³-hybridized carbons (Fsp3) is 0.231. The zero-order valence-corrected chi connectivity index (χ0v) is 10.7. The van der Waals surface area contributed by atoms with E-state index in [0.717, 1.165) is 5.69 Å². The Morgan fingerprint density at radius 3 is 2.63 bits per heavy atom. The molecule has 0 aliphatic carbocycles. The Bertz CT molecular complexity index is 559. The smallest absolute Gasteiger partial charge is 0.165 e. The molecular formula is C13H15FN4O. The van der Waals surface area contributed by atoms with Crippen molar-refractivity contribution in [2.45, 2.75) is 13.0 Å². The second kappa shape index (κ2) is 5.73. The molecule has 0 amide bonds. The van der Waals surface area contributed by atoms with Gasteiger partial charge in [-0.1, -0.05) is 6.07 Å². The highest BCUT2D eigenvalue weighted by molar-refractivity contribution is 5.34. The maximum Gasteiger partial charge on any atom is 0.165 e. The molecule has 3 N–H and O–H groups in total. The zero-order valence-electron chi connectivity index (χ0n) is 10.7. The van der Waals surface area contributed by atoms with Gasteiger partial charge in [-0.3, -0.25) is 15.8 Å². The van der Waals surface area contributed by atoms with Gasteiger partial charge in [-0.2, -0.15) is 0 Å². The van der Waals surface area contributed by atoms with Gasteiger partial charge in [0.15, 0.2) is 11.6 Å². The van der Waals surface area contributed by atoms with E-state index in [1.54, 1.807) is 24.5 Å². The van der Waals surface area contributed by atoms with E-state index in [-0.39, 0.29) is 5.75 Å². The molecule has 1 unspecified atom stereocenters. The Morgan fingerprint density at radius 1 is 1.32 bits per heavy atom. The number of aryl methyl sites for hydroxylation is 1. The molecule has 0 spiro atoms. The molecular weight excluding hydrogens is 247 g/mol. The molecule has 5 nitrogen and oxygen atoms in total. The van der Waals surface area contributed by atoms with Crippen molar-refractivity contribution in [3.8, 4) is 5.75 Å². The summed E-state index contributed by atoms with van der Waals surface area (Å²) in [5.74, 6) is 5.27. The van der Waals surface area contributed by atoms with Crippen LogP contribution in [0.15, 0.2) is 30.6 Å². The maximum absolute atomic E-state index is 13.7. The van der Waals surface area contributed by atoms with Crippen molar-refractivity contribution in [2.24, 2.45) is 5.84 Å². The van der Waals surface area contributed by atoms with Crippen LogP contribution >= 0.6 is 0 Å². The molecule has 0 saturated heterocycles. The number of hydrogen-bond donors (Lipinski definition) is 2. The summed E-state index contributed by atoms with van der Waals surface area (Å²) in [5.41, 5.74) is 4.69. The number of aromatic nitrogens is 2. The first-order valence-corrected chi connectivity index (χ1v) is 5.74. The van der Waals surface area contributed by atoms with Gasteiger partial charge in [0.25, 0.3) is 0 Å². The van der Waals surface area contributed by atoms with Crippen LogP contribution in [-0.4, -0.2) is 17.1 Å². The predicted molar refractivity (Wildman–Crippen MR) is 68.9 cm³/mol. The average Bonchev–Trinajstić information content (AvgIpc) is 2.42. The third-order valence-electron chi connectivity index (χ3n) is 2.77. The summed E-state index contributed by atoms with van der Waals surface area (Å²) in [4.78, 5) is 8.39. The summed E-state index contributed by atoms with van der Waals surface area (Å²) in [6.45, 7) is 1.84. The third kappa shape index (κ3) is 2.86. The van der Waals surface area contributed by atoms with Crippen molar-refractivity contribution in [3.63, 3.8) is 0 Å². The normalized spacial score (nSPS) is 12.2. The maximum atomic E-state index is 13.7. The topological polar surface area (TPSA) is 73.1 Å². The lowest BCUT2D eigenvalue weighted by Crippen LogP contribution is -2.29. The molecule has 1 aromatic heterocycles. The summed E-state index contributed by atoms with van der Waals surface area (Å²) in [7, 11) is 1.42. The minimum atomic E-state index is -0.444. The summed E-state index contributed by atoms with van der Waals surface area (Å²) < 4.78 is 18.6. The van der Waals surface area contributed by atoms with Gasteiger partial charge in [0.05, 0.1) is 30.7 Å². The molecule has 1 heterocycles. The number of hydrazine groups is 1. The van der Waals surface area contributed by atoms with Crippen LogP contribution in [0.5, 0.6) is 5.75 Å². The zero-order chi connectivity index (χ0) is 13.8. The monoisotopic (exact) mass is 262 g/mol. The van der Waals surface area contributed by atoms with Crippen molar-refractivity contribution in [1.82, 2.24) is 15.4 Å². The minimum Gasteiger partial charge on any atom is -0.494 e. The Hall–Kier alpha value is -2.05. The fourth-order valence-electron chi connectivity index (χ4n) is 1.77. The van der Waals surface area contributed by atoms with E-state index in [0.29, 0.717) is 11.3 Å². The van der Waals surface area contributed by atoms with E-state index >= 15 is 0 Å². The fourth-order valence-corrected chi connectivity index (χ4v) is 1.77. The number of hydrogen-bond acceptors (Lipinski definition) is 5. The summed E-state index contributed by atoms with van der Waals surface area (Å²) in [6.07, 6.45) is 3.25. The van der Waals surface area contributed by atoms with E-state index in [1.165, 1.54) is 13.2 Å². The van der Waals surface area contributed by atoms with Crippen molar-refractivity contribution in [1.29, 1.82) is 0 Å². The number of nitrogens with two attached hydrogens (primary N) is 1. The molecule has 1 atom stereocenters. The molecule has 0 saturated carbocycles. The van der Waals surface area contributed by atoms with Crippen LogP contribution in [0.4, 0.5) is 4.39 Å². The predicted octanol–water partition coefficient (Wildman–Crippen LogP) is 1.49. The number of rotatable bonds is 4. The lowest BCUT2D eigenvalue weighted by Gasteiger charge is -2.16. The molecule has 2 aromatic rings. The van der Waals surface area contributed by atoms with Crippen LogP contribution in [0, 0.1) is 12.7 Å². The summed E-state index contributed by atoms with van der Waals surface area (Å²) >= 11 is 0. The van der Waals surface area contributed by atoms with Gasteiger partial charge in [-0.05, 0) is 24.6 Å². The van der Waals surface area contributed by atoms with Gasteiger partial charge >= 0.3 is 0 Å². The van der Waals surface area contributed by atoms with Crippen molar-refractivity contribution in [3.05, 3.63) is 53.4 Å². The lowest BCUT2D eigenvalue weighted by molar-refractivity contribution is 0.385. The molecule has 2 rings (SSSR count). The molecule has 100 valence electrons. The van der Waals surface area contributed by atoms with Crippen LogP contribution in [-0.2, 0) is 0 Å². The van der Waals surface area contributed by atoms with E-state index in [4.69, 9.17) is 10.6 Å². The van der Waals surface area contributed by atoms with Gasteiger partial charge in [0, 0.05) is 6.20 Å². The first-order chi connectivity index (χ1) is 9.15. The Labute approximate surface area is 110 Å². The van der Waals surface area contributed by atoms with E-state index in [9.17, 15) is 4.39 Å². The highest BCUT2D eigenvalue weighted by Gasteiger charge is 2.16. The van der Waals surface area contributed by atoms with Gasteiger partial charge in [0.1, 0.15) is 0 Å². The highest BCUT2D eigenvalue weighted by Crippen LogP contribution is 2.24. The molecule has 6 heteroatoms. The van der Waals surface area contributed by atoms with E-state index in [2.05, 4.69) is 15.4 Å². The third-order valence-corrected chi connectivity index (χ3v) is 2.77. The molecule has 0 fully saturated rings. The Kier molecular flexibility index (Phi) is 4.03. The molecule has 0 radical (unpaired) electrons. The molecule has 0 aliphatic heterocycles. The Balaban J connectivity index is 2.36. The van der Waals surface area contributed by atoms with Gasteiger partial charge in [-0.25, -0.2) is 9.82 Å². The number of halogens is 1. The number of benzene rings is 1. The first-order valence-electron chi connectivity index (χ1n) is 5.74. The number of nitrogens with zero attached hydrogens (tertiary/aromatic N) is 2. The molecule has 0 bridgehead atoms. The van der Waals surface area contributed by atoms with Crippen molar-refractivity contribution >= 4 is 0 Å². The number of ether oxygens (including phenoxy) is 1. The SMILES string of the molecule is COc1ccc(C(NN)c2cnc(C)cn2)cc1F. The van der Waals surface area contributed by atoms with E-state index < -0.39 is 11.9 Å². The van der Waals surface area contributed by atoms with Gasteiger partial charge in [-0.15, -0.1) is 0 Å². The largest absolute Gasteiger partial charge is 0.494 e. The molecule has 1 aromatic carbocycles. The quantitative estimate of drug-likeness (QED) is 0.645. The van der Waals surface area contributed by atoms with Crippen LogP contribution in [0.2, 0.25) is 0 Å². The second-order valence-corrected chi connectivity index (χ2v) is 4.08.